The minimum absolute atomic E-state index is 0.270. The Morgan fingerprint density at radius 2 is 1.44 bits per heavy atom. The van der Waals surface area contributed by atoms with Crippen molar-refractivity contribution in [2.45, 2.75) is 12.9 Å². The quantitative estimate of drug-likeness (QED) is 0.700. The summed E-state index contributed by atoms with van der Waals surface area (Å²) in [5, 5.41) is 21.1. The van der Waals surface area contributed by atoms with Gasteiger partial charge in [0.15, 0.2) is 0 Å². The van der Waals surface area contributed by atoms with Crippen molar-refractivity contribution >= 4 is 12.8 Å². The van der Waals surface area contributed by atoms with Gasteiger partial charge in [-0.15, -0.1) is 0 Å². The molecule has 18 heavy (non-hydrogen) atoms. The van der Waals surface area contributed by atoms with Crippen LogP contribution in [0.3, 0.4) is 0 Å². The molecule has 0 heterocycles. The van der Waals surface area contributed by atoms with Crippen LogP contribution < -0.4 is 5.32 Å². The van der Waals surface area contributed by atoms with E-state index in [0.717, 1.165) is 23.4 Å². The fourth-order valence-corrected chi connectivity index (χ4v) is 1.76. The van der Waals surface area contributed by atoms with Crippen molar-refractivity contribution < 1.29 is 10.0 Å². The molecule has 0 spiro atoms. The summed E-state index contributed by atoms with van der Waals surface area (Å²) in [5.74, 6) is 0. The second-order valence-electron chi connectivity index (χ2n) is 4.22. The lowest BCUT2D eigenvalue weighted by atomic mass is 9.82. The first-order chi connectivity index (χ1) is 8.74. The molecule has 0 radical (unpaired) electrons. The smallest absolute Gasteiger partial charge is 0.427 e. The maximum atomic E-state index is 8.87. The molecule has 2 aromatic carbocycles. The average Bonchev–Trinajstić information content (AvgIpc) is 2.38. The number of rotatable bonds is 5. The molecule has 0 aliphatic carbocycles. The monoisotopic (exact) mass is 241 g/mol. The van der Waals surface area contributed by atoms with Gasteiger partial charge in [0.05, 0.1) is 0 Å². The van der Waals surface area contributed by atoms with E-state index in [4.69, 9.17) is 10.0 Å². The van der Waals surface area contributed by atoms with Crippen LogP contribution in [0, 0.1) is 0 Å². The van der Waals surface area contributed by atoms with Crippen molar-refractivity contribution in [2.75, 3.05) is 5.32 Å². The summed E-state index contributed by atoms with van der Waals surface area (Å²) in [7, 11) is -1.28. The number of hydrogen-bond donors (Lipinski definition) is 3. The van der Waals surface area contributed by atoms with Crippen molar-refractivity contribution in [2.24, 2.45) is 0 Å². The van der Waals surface area contributed by atoms with Gasteiger partial charge in [0.1, 0.15) is 0 Å². The molecule has 0 saturated carbocycles. The Morgan fingerprint density at radius 1 is 0.833 bits per heavy atom. The first-order valence-electron chi connectivity index (χ1n) is 5.97. The lowest BCUT2D eigenvalue weighted by Crippen LogP contribution is -2.15. The van der Waals surface area contributed by atoms with E-state index in [-0.39, 0.29) is 6.32 Å². The molecule has 0 aromatic heterocycles. The van der Waals surface area contributed by atoms with Crippen LogP contribution in [0.15, 0.2) is 54.6 Å². The normalized spacial score (nSPS) is 10.1. The second-order valence-corrected chi connectivity index (χ2v) is 4.22. The zero-order valence-corrected chi connectivity index (χ0v) is 10.1. The lowest BCUT2D eigenvalue weighted by molar-refractivity contribution is 0.405. The first kappa shape index (κ1) is 12.7. The zero-order chi connectivity index (χ0) is 12.8. The van der Waals surface area contributed by atoms with E-state index in [0.29, 0.717) is 0 Å². The average molecular weight is 241 g/mol. The highest BCUT2D eigenvalue weighted by molar-refractivity contribution is 6.40. The van der Waals surface area contributed by atoms with E-state index in [1.807, 2.05) is 54.6 Å². The number of benzene rings is 2. The Labute approximate surface area is 107 Å². The fourth-order valence-electron chi connectivity index (χ4n) is 1.76. The molecule has 4 heteroatoms. The molecule has 0 atom stereocenters. The van der Waals surface area contributed by atoms with E-state index >= 15 is 0 Å². The molecule has 0 saturated heterocycles. The summed E-state index contributed by atoms with van der Waals surface area (Å²) in [5.41, 5.74) is 3.18. The van der Waals surface area contributed by atoms with E-state index in [2.05, 4.69) is 5.32 Å². The van der Waals surface area contributed by atoms with Crippen LogP contribution in [0.4, 0.5) is 5.69 Å². The Bertz CT molecular complexity index is 471. The van der Waals surface area contributed by atoms with E-state index in [1.54, 1.807) is 0 Å². The molecular formula is C14H16BNO2. The second kappa shape index (κ2) is 6.24. The van der Waals surface area contributed by atoms with Gasteiger partial charge in [-0.3, -0.25) is 0 Å². The highest BCUT2D eigenvalue weighted by Gasteiger charge is 2.07. The number of hydrogen-bond acceptors (Lipinski definition) is 3. The first-order valence-corrected chi connectivity index (χ1v) is 5.97. The molecule has 0 amide bonds. The minimum Gasteiger partial charge on any atom is -0.427 e. The van der Waals surface area contributed by atoms with Crippen LogP contribution in [0.5, 0.6) is 0 Å². The molecule has 0 aliphatic rings. The molecule has 0 bridgehead atoms. The maximum absolute atomic E-state index is 8.87. The zero-order valence-electron chi connectivity index (χ0n) is 10.1. The number of anilines is 1. The SMILES string of the molecule is OB(O)Cc1ccc(CNc2ccccc2)cc1. The predicted molar refractivity (Wildman–Crippen MR) is 74.1 cm³/mol. The van der Waals surface area contributed by atoms with Crippen molar-refractivity contribution in [3.05, 3.63) is 65.7 Å². The largest absolute Gasteiger partial charge is 0.456 e. The molecule has 0 fully saturated rings. The van der Waals surface area contributed by atoms with E-state index in [1.165, 1.54) is 0 Å². The van der Waals surface area contributed by atoms with Crippen LogP contribution in [0.2, 0.25) is 0 Å². The summed E-state index contributed by atoms with van der Waals surface area (Å²) in [6.45, 7) is 0.756. The summed E-state index contributed by atoms with van der Waals surface area (Å²) in [6.07, 6.45) is 0.270. The fraction of sp³-hybridized carbons (Fsp3) is 0.143. The van der Waals surface area contributed by atoms with Gasteiger partial charge < -0.3 is 15.4 Å². The maximum Gasteiger partial charge on any atom is 0.456 e. The topological polar surface area (TPSA) is 52.5 Å². The van der Waals surface area contributed by atoms with Crippen LogP contribution in [0.1, 0.15) is 11.1 Å². The summed E-state index contributed by atoms with van der Waals surface area (Å²) in [6, 6.07) is 17.8. The standard InChI is InChI=1S/C14H16BNO2/c17-15(18)10-12-6-8-13(9-7-12)11-16-14-4-2-1-3-5-14/h1-9,16-18H,10-11H2. The summed E-state index contributed by atoms with van der Waals surface area (Å²) in [4.78, 5) is 0. The van der Waals surface area contributed by atoms with Crippen LogP contribution in [0.25, 0.3) is 0 Å². The van der Waals surface area contributed by atoms with Crippen LogP contribution in [-0.2, 0) is 12.9 Å². The third kappa shape index (κ3) is 3.91. The predicted octanol–water partition coefficient (Wildman–Crippen LogP) is 1.85. The van der Waals surface area contributed by atoms with Gasteiger partial charge in [0.25, 0.3) is 0 Å². The Balaban J connectivity index is 1.90. The Morgan fingerprint density at radius 3 is 2.06 bits per heavy atom. The highest BCUT2D eigenvalue weighted by Crippen LogP contribution is 2.10. The molecule has 0 unspecified atom stereocenters. The van der Waals surface area contributed by atoms with Gasteiger partial charge in [-0.1, -0.05) is 48.0 Å². The lowest BCUT2D eigenvalue weighted by Gasteiger charge is -2.07. The third-order valence-electron chi connectivity index (χ3n) is 2.71. The molecular weight excluding hydrogens is 225 g/mol. The van der Waals surface area contributed by atoms with Crippen molar-refractivity contribution in [1.29, 1.82) is 0 Å². The van der Waals surface area contributed by atoms with Crippen LogP contribution in [-0.4, -0.2) is 17.2 Å². The summed E-state index contributed by atoms with van der Waals surface area (Å²) < 4.78 is 0. The molecule has 92 valence electrons. The summed E-state index contributed by atoms with van der Waals surface area (Å²) >= 11 is 0. The third-order valence-corrected chi connectivity index (χ3v) is 2.71. The van der Waals surface area contributed by atoms with Gasteiger partial charge in [-0.05, 0) is 17.7 Å². The van der Waals surface area contributed by atoms with Crippen molar-refractivity contribution in [1.82, 2.24) is 0 Å². The molecule has 2 rings (SSSR count). The van der Waals surface area contributed by atoms with Crippen molar-refractivity contribution in [3.8, 4) is 0 Å². The van der Waals surface area contributed by atoms with Gasteiger partial charge in [-0.25, -0.2) is 0 Å². The van der Waals surface area contributed by atoms with Crippen molar-refractivity contribution in [3.63, 3.8) is 0 Å². The Hall–Kier alpha value is -1.78. The minimum atomic E-state index is -1.28. The number of nitrogens with one attached hydrogen (secondary N) is 1. The number of para-hydroxylation sites is 1. The van der Waals surface area contributed by atoms with Gasteiger partial charge in [-0.2, -0.15) is 0 Å². The Kier molecular flexibility index (Phi) is 4.39. The van der Waals surface area contributed by atoms with Gasteiger partial charge in [0.2, 0.25) is 0 Å². The highest BCUT2D eigenvalue weighted by atomic mass is 16.4. The van der Waals surface area contributed by atoms with Gasteiger partial charge >= 0.3 is 7.12 Å². The molecule has 2 aromatic rings. The van der Waals surface area contributed by atoms with E-state index in [9.17, 15) is 0 Å². The molecule has 3 N–H and O–H groups in total. The van der Waals surface area contributed by atoms with E-state index < -0.39 is 7.12 Å². The van der Waals surface area contributed by atoms with Crippen LogP contribution >= 0.6 is 0 Å². The van der Waals surface area contributed by atoms with Gasteiger partial charge in [0, 0.05) is 18.6 Å². The molecule has 3 nitrogen and oxygen atoms in total. The molecule has 0 aliphatic heterocycles.